The van der Waals surface area contributed by atoms with E-state index >= 15 is 0 Å². The molecule has 1 aromatic carbocycles. The number of alkyl halides is 3. The van der Waals surface area contributed by atoms with E-state index in [9.17, 15) is 18.0 Å². The van der Waals surface area contributed by atoms with Gasteiger partial charge in [-0.15, -0.1) is 0 Å². The number of nitrogens with one attached hydrogen (secondary N) is 3. The molecule has 1 aromatic rings. The molecular formula is C18H26F3N3O+2. The van der Waals surface area contributed by atoms with Crippen LogP contribution in [-0.2, 0) is 17.5 Å². The van der Waals surface area contributed by atoms with E-state index < -0.39 is 11.7 Å². The van der Waals surface area contributed by atoms with Gasteiger partial charge in [0.05, 0.1) is 5.56 Å². The van der Waals surface area contributed by atoms with Crippen molar-refractivity contribution in [2.45, 2.75) is 44.6 Å². The maximum Gasteiger partial charge on any atom is 0.416 e. The predicted octanol–water partition coefficient (Wildman–Crippen LogP) is -0.344. The van der Waals surface area contributed by atoms with Gasteiger partial charge >= 0.3 is 6.18 Å². The average molecular weight is 357 g/mol. The number of amides is 1. The van der Waals surface area contributed by atoms with Gasteiger partial charge in [0.15, 0.2) is 6.04 Å². The lowest BCUT2D eigenvalue weighted by molar-refractivity contribution is -1.02. The van der Waals surface area contributed by atoms with Crippen LogP contribution in [0.3, 0.4) is 0 Å². The van der Waals surface area contributed by atoms with Gasteiger partial charge in [-0.1, -0.05) is 12.1 Å². The number of benzene rings is 1. The number of halogens is 3. The summed E-state index contributed by atoms with van der Waals surface area (Å²) in [6.45, 7) is 6.03. The summed E-state index contributed by atoms with van der Waals surface area (Å²) < 4.78 is 38.4. The highest BCUT2D eigenvalue weighted by Gasteiger charge is 2.34. The molecule has 0 unspecified atom stereocenters. The van der Waals surface area contributed by atoms with Crippen molar-refractivity contribution in [3.63, 3.8) is 0 Å². The molecule has 1 saturated heterocycles. The zero-order valence-corrected chi connectivity index (χ0v) is 14.5. The van der Waals surface area contributed by atoms with Crippen LogP contribution >= 0.6 is 0 Å². The predicted molar refractivity (Wildman–Crippen MR) is 87.2 cm³/mol. The van der Waals surface area contributed by atoms with Crippen molar-refractivity contribution in [3.8, 4) is 0 Å². The average Bonchev–Trinajstić information content (AvgIpc) is 3.38. The number of rotatable bonds is 5. The smallest absolute Gasteiger partial charge is 0.348 e. The summed E-state index contributed by atoms with van der Waals surface area (Å²) in [7, 11) is 0. The summed E-state index contributed by atoms with van der Waals surface area (Å²) in [5, 5.41) is 3.05. The molecule has 0 aromatic heterocycles. The minimum absolute atomic E-state index is 0.0595. The molecule has 1 atom stereocenters. The van der Waals surface area contributed by atoms with Gasteiger partial charge in [-0.2, -0.15) is 13.2 Å². The Balaban J connectivity index is 1.50. The lowest BCUT2D eigenvalue weighted by atomic mass is 10.1. The molecule has 1 saturated carbocycles. The van der Waals surface area contributed by atoms with E-state index in [0.717, 1.165) is 45.1 Å². The summed E-state index contributed by atoms with van der Waals surface area (Å²) in [6.07, 6.45) is -2.12. The first-order chi connectivity index (χ1) is 11.8. The number of quaternary nitrogens is 2. The third-order valence-electron chi connectivity index (χ3n) is 5.24. The molecule has 25 heavy (non-hydrogen) atoms. The van der Waals surface area contributed by atoms with Crippen LogP contribution in [0.1, 0.15) is 30.9 Å². The van der Waals surface area contributed by atoms with Crippen LogP contribution < -0.4 is 15.1 Å². The summed E-state index contributed by atoms with van der Waals surface area (Å²) in [5.41, 5.74) is 0.131. The van der Waals surface area contributed by atoms with Gasteiger partial charge in [0, 0.05) is 11.6 Å². The molecule has 0 spiro atoms. The fourth-order valence-electron chi connectivity index (χ4n) is 3.42. The van der Waals surface area contributed by atoms with Gasteiger partial charge in [-0.25, -0.2) is 0 Å². The van der Waals surface area contributed by atoms with Crippen LogP contribution in [0.25, 0.3) is 0 Å². The molecule has 0 bridgehead atoms. The van der Waals surface area contributed by atoms with E-state index in [0.29, 0.717) is 18.2 Å². The van der Waals surface area contributed by atoms with Crippen LogP contribution in [0.5, 0.6) is 0 Å². The number of hydrogen-bond donors (Lipinski definition) is 3. The standard InChI is InChI=1S/C18H24F3N3O/c1-13(17(25)22-16-5-6-16)24-9-7-23(8-10-24)12-14-3-2-4-15(11-14)18(19,20)21/h2-4,11,13,16H,5-10,12H2,1H3,(H,22,25)/p+2/t13-/m1/s1. The minimum atomic E-state index is -4.29. The van der Waals surface area contributed by atoms with Crippen molar-refractivity contribution in [1.82, 2.24) is 5.32 Å². The molecule has 4 nitrogen and oxygen atoms in total. The topological polar surface area (TPSA) is 38.0 Å². The van der Waals surface area contributed by atoms with E-state index in [2.05, 4.69) is 5.32 Å². The van der Waals surface area contributed by atoms with Gasteiger partial charge in [0.25, 0.3) is 5.91 Å². The molecule has 3 N–H and O–H groups in total. The Morgan fingerprint density at radius 3 is 2.52 bits per heavy atom. The Kier molecular flexibility index (Phi) is 5.34. The van der Waals surface area contributed by atoms with Gasteiger partial charge in [-0.05, 0) is 31.9 Å². The Labute approximate surface area is 146 Å². The number of hydrogen-bond acceptors (Lipinski definition) is 1. The summed E-state index contributed by atoms with van der Waals surface area (Å²) in [6, 6.07) is 5.91. The molecule has 2 aliphatic rings. The third-order valence-corrected chi connectivity index (χ3v) is 5.24. The number of carbonyl (C=O) groups is 1. The molecule has 1 aliphatic carbocycles. The van der Waals surface area contributed by atoms with Crippen LogP contribution in [0.4, 0.5) is 13.2 Å². The second kappa shape index (κ2) is 7.33. The van der Waals surface area contributed by atoms with Crippen molar-refractivity contribution in [2.75, 3.05) is 26.2 Å². The molecule has 1 heterocycles. The van der Waals surface area contributed by atoms with Crippen molar-refractivity contribution >= 4 is 5.91 Å². The molecular weight excluding hydrogens is 331 g/mol. The SMILES string of the molecule is C[C@H](C(=O)NC1CC1)[NH+]1CC[NH+](Cc2cccc(C(F)(F)F)c2)CC1. The van der Waals surface area contributed by atoms with Gasteiger partial charge in [0.1, 0.15) is 32.7 Å². The maximum atomic E-state index is 12.8. The Hall–Kier alpha value is -1.60. The van der Waals surface area contributed by atoms with Crippen LogP contribution in [0.2, 0.25) is 0 Å². The second-order valence-electron chi connectivity index (χ2n) is 7.29. The minimum Gasteiger partial charge on any atom is -0.348 e. The Morgan fingerprint density at radius 2 is 1.92 bits per heavy atom. The van der Waals surface area contributed by atoms with Crippen molar-refractivity contribution in [3.05, 3.63) is 35.4 Å². The Morgan fingerprint density at radius 1 is 1.24 bits per heavy atom. The normalized spacial score (nSPS) is 25.4. The first kappa shape index (κ1) is 18.2. The summed E-state index contributed by atoms with van der Waals surface area (Å²) in [4.78, 5) is 14.7. The molecule has 0 radical (unpaired) electrons. The van der Waals surface area contributed by atoms with E-state index in [4.69, 9.17) is 0 Å². The summed E-state index contributed by atoms with van der Waals surface area (Å²) >= 11 is 0. The van der Waals surface area contributed by atoms with Crippen molar-refractivity contribution < 1.29 is 27.8 Å². The zero-order valence-electron chi connectivity index (χ0n) is 14.5. The molecule has 1 amide bonds. The van der Waals surface area contributed by atoms with Crippen molar-refractivity contribution in [2.24, 2.45) is 0 Å². The van der Waals surface area contributed by atoms with Crippen LogP contribution in [0, 0.1) is 0 Å². The highest BCUT2D eigenvalue weighted by atomic mass is 19.4. The van der Waals surface area contributed by atoms with E-state index in [-0.39, 0.29) is 11.9 Å². The van der Waals surface area contributed by atoms with Crippen molar-refractivity contribution in [1.29, 1.82) is 0 Å². The van der Waals surface area contributed by atoms with Crippen LogP contribution in [0.15, 0.2) is 24.3 Å². The second-order valence-corrected chi connectivity index (χ2v) is 7.29. The molecule has 3 rings (SSSR count). The lowest BCUT2D eigenvalue weighted by Crippen LogP contribution is -3.29. The van der Waals surface area contributed by atoms with Gasteiger partial charge < -0.3 is 15.1 Å². The largest absolute Gasteiger partial charge is 0.416 e. The number of carbonyl (C=O) groups excluding carboxylic acids is 1. The van der Waals surface area contributed by atoms with Crippen LogP contribution in [-0.4, -0.2) is 44.2 Å². The maximum absolute atomic E-state index is 12.8. The van der Waals surface area contributed by atoms with E-state index in [1.165, 1.54) is 21.9 Å². The molecule has 1 aliphatic heterocycles. The molecule has 138 valence electrons. The fourth-order valence-corrected chi connectivity index (χ4v) is 3.42. The van der Waals surface area contributed by atoms with E-state index in [1.807, 2.05) is 6.92 Å². The number of piperazine rings is 1. The fraction of sp³-hybridized carbons (Fsp3) is 0.611. The first-order valence-corrected chi connectivity index (χ1v) is 8.97. The summed E-state index contributed by atoms with van der Waals surface area (Å²) in [5.74, 6) is 0.124. The monoisotopic (exact) mass is 357 g/mol. The lowest BCUT2D eigenvalue weighted by Gasteiger charge is -2.32. The third kappa shape index (κ3) is 4.95. The van der Waals surface area contributed by atoms with E-state index in [1.54, 1.807) is 6.07 Å². The van der Waals surface area contributed by atoms with Gasteiger partial charge in [-0.3, -0.25) is 4.79 Å². The zero-order chi connectivity index (χ0) is 18.0. The first-order valence-electron chi connectivity index (χ1n) is 8.97. The highest BCUT2D eigenvalue weighted by molar-refractivity contribution is 5.80. The highest BCUT2D eigenvalue weighted by Crippen LogP contribution is 2.29. The molecule has 2 fully saturated rings. The van der Waals surface area contributed by atoms with Gasteiger partial charge in [0.2, 0.25) is 0 Å². The quantitative estimate of drug-likeness (QED) is 0.663. The Bertz CT molecular complexity index is 608. The molecule has 7 heteroatoms.